The summed E-state index contributed by atoms with van der Waals surface area (Å²) in [5.41, 5.74) is 2.81. The number of phenols is 1. The number of pyridine rings is 1. The number of nitrogens with zero attached hydrogens (tertiary/aromatic N) is 2. The maximum absolute atomic E-state index is 13.3. The maximum atomic E-state index is 13.3. The predicted molar refractivity (Wildman–Crippen MR) is 140 cm³/mol. The number of carbonyl (C=O) groups excluding carboxylic acids is 2. The van der Waals surface area contributed by atoms with Gasteiger partial charge in [0.25, 0.3) is 5.91 Å². The van der Waals surface area contributed by atoms with E-state index in [1.54, 1.807) is 29.2 Å². The number of ketones is 1. The minimum Gasteiger partial charge on any atom is -0.507 e. The number of aromatic nitrogens is 1. The normalized spacial score (nSPS) is 13.4. The number of rotatable bonds is 5. The number of phenolic OH excluding ortho intramolecular Hbond substituents is 1. The maximum Gasteiger partial charge on any atom is 0.269 e. The van der Waals surface area contributed by atoms with Gasteiger partial charge in [0.2, 0.25) is 0 Å². The number of hydrogen-bond acceptors (Lipinski definition) is 5. The zero-order valence-electron chi connectivity index (χ0n) is 21.0. The zero-order valence-corrected chi connectivity index (χ0v) is 22.7. The molecule has 0 atom stereocenters. The van der Waals surface area contributed by atoms with E-state index in [0.717, 1.165) is 16.7 Å². The molecular weight excluding hydrogens is 496 g/mol. The van der Waals surface area contributed by atoms with Gasteiger partial charge in [-0.15, -0.1) is 17.0 Å². The third kappa shape index (κ3) is 5.49. The van der Waals surface area contributed by atoms with Gasteiger partial charge in [-0.3, -0.25) is 15.0 Å². The summed E-state index contributed by atoms with van der Waals surface area (Å²) in [6.07, 6.45) is 0. The number of benzene rings is 1. The van der Waals surface area contributed by atoms with Gasteiger partial charge in [-0.2, -0.15) is 0 Å². The molecule has 0 bridgehead atoms. The molecule has 2 heterocycles. The highest BCUT2D eigenvalue weighted by Crippen LogP contribution is 2.40. The minimum absolute atomic E-state index is 0. The third-order valence-electron chi connectivity index (χ3n) is 5.83. The first kappa shape index (κ1) is 27.5. The van der Waals surface area contributed by atoms with E-state index in [4.69, 9.17) is 5.41 Å². The molecule has 0 radical (unpaired) electrons. The SMILES string of the molecule is Br.CCNC(=O)c1ccc2c(n1)C(=N)N(CC(=O)c1cc(C(C)(C)C)c(O)c(C(C)(C)C)c1)C2. The molecule has 0 spiro atoms. The van der Waals surface area contributed by atoms with Crippen LogP contribution < -0.4 is 5.32 Å². The highest BCUT2D eigenvalue weighted by molar-refractivity contribution is 8.93. The first-order valence-electron chi connectivity index (χ1n) is 11.3. The van der Waals surface area contributed by atoms with Crippen LogP contribution in [0.4, 0.5) is 0 Å². The molecule has 1 aliphatic rings. The molecule has 0 aliphatic carbocycles. The van der Waals surface area contributed by atoms with Gasteiger partial charge in [-0.05, 0) is 36.0 Å². The number of aromatic hydroxyl groups is 1. The number of carbonyl (C=O) groups is 2. The Morgan fingerprint density at radius 3 is 2.15 bits per heavy atom. The van der Waals surface area contributed by atoms with E-state index in [0.29, 0.717) is 24.3 Å². The van der Waals surface area contributed by atoms with Crippen molar-refractivity contribution >= 4 is 34.5 Å². The van der Waals surface area contributed by atoms with Gasteiger partial charge in [0, 0.05) is 35.3 Å². The third-order valence-corrected chi connectivity index (χ3v) is 5.83. The van der Waals surface area contributed by atoms with Crippen LogP contribution in [0.3, 0.4) is 0 Å². The summed E-state index contributed by atoms with van der Waals surface area (Å²) >= 11 is 0. The van der Waals surface area contributed by atoms with E-state index in [9.17, 15) is 14.7 Å². The molecule has 0 unspecified atom stereocenters. The summed E-state index contributed by atoms with van der Waals surface area (Å²) in [5.74, 6) is -0.0473. The fraction of sp³-hybridized carbons (Fsp3) is 0.462. The van der Waals surface area contributed by atoms with E-state index in [2.05, 4.69) is 10.3 Å². The first-order valence-corrected chi connectivity index (χ1v) is 11.3. The van der Waals surface area contributed by atoms with Gasteiger partial charge >= 0.3 is 0 Å². The lowest BCUT2D eigenvalue weighted by atomic mass is 9.78. The number of Topliss-reactive ketones (excluding diaryl/α,β-unsaturated/α-hetero) is 1. The topological polar surface area (TPSA) is 106 Å². The number of fused-ring (bicyclic) bond motifs is 1. The standard InChI is InChI=1S/C26H34N4O3.BrH/c1-8-28-24(33)19-10-9-15-13-30(23(27)21(15)29-19)14-20(31)16-11-17(25(2,3)4)22(32)18(12-16)26(5,6)7;/h9-12,27,32H,8,13-14H2,1-7H3,(H,28,33);1H. The molecule has 0 saturated heterocycles. The molecule has 1 aromatic carbocycles. The monoisotopic (exact) mass is 530 g/mol. The van der Waals surface area contributed by atoms with Crippen molar-refractivity contribution in [3.05, 3.63) is 57.9 Å². The van der Waals surface area contributed by atoms with Gasteiger partial charge < -0.3 is 15.3 Å². The van der Waals surface area contributed by atoms with Crippen LogP contribution in [0, 0.1) is 5.41 Å². The molecule has 8 heteroatoms. The Hall–Kier alpha value is -2.74. The van der Waals surface area contributed by atoms with E-state index in [1.165, 1.54) is 0 Å². The Labute approximate surface area is 212 Å². The molecule has 1 aromatic heterocycles. The number of hydrogen-bond donors (Lipinski definition) is 3. The van der Waals surface area contributed by atoms with Crippen molar-refractivity contribution < 1.29 is 14.7 Å². The van der Waals surface area contributed by atoms with E-state index < -0.39 is 0 Å². The second kappa shape index (κ2) is 9.86. The number of nitrogens with one attached hydrogen (secondary N) is 2. The lowest BCUT2D eigenvalue weighted by Crippen LogP contribution is -2.31. The molecule has 3 rings (SSSR count). The van der Waals surface area contributed by atoms with Crippen LogP contribution in [0.1, 0.15) is 91.7 Å². The largest absolute Gasteiger partial charge is 0.507 e. The predicted octanol–water partition coefficient (Wildman–Crippen LogP) is 4.73. The van der Waals surface area contributed by atoms with Crippen LogP contribution in [0.25, 0.3) is 0 Å². The minimum atomic E-state index is -0.337. The highest BCUT2D eigenvalue weighted by Gasteiger charge is 2.31. The van der Waals surface area contributed by atoms with Crippen molar-refractivity contribution in [1.82, 2.24) is 15.2 Å². The van der Waals surface area contributed by atoms with E-state index in [1.807, 2.05) is 48.5 Å². The summed E-state index contributed by atoms with van der Waals surface area (Å²) in [7, 11) is 0. The van der Waals surface area contributed by atoms with Crippen molar-refractivity contribution in [3.8, 4) is 5.75 Å². The van der Waals surface area contributed by atoms with Crippen LogP contribution in [0.5, 0.6) is 5.75 Å². The van der Waals surface area contributed by atoms with Crippen LogP contribution in [0.2, 0.25) is 0 Å². The Kier molecular flexibility index (Phi) is 7.98. The molecule has 0 saturated carbocycles. The molecule has 1 aliphatic heterocycles. The summed E-state index contributed by atoms with van der Waals surface area (Å²) in [6.45, 7) is 14.8. The number of amidine groups is 1. The first-order chi connectivity index (χ1) is 15.2. The van der Waals surface area contributed by atoms with Gasteiger partial charge in [0.15, 0.2) is 5.78 Å². The Bertz CT molecular complexity index is 1090. The lowest BCUT2D eigenvalue weighted by molar-refractivity contribution is 0.0946. The zero-order chi connectivity index (χ0) is 24.7. The molecular formula is C26H35BrN4O3. The molecule has 7 nitrogen and oxygen atoms in total. The van der Waals surface area contributed by atoms with Crippen molar-refractivity contribution in [3.63, 3.8) is 0 Å². The van der Waals surface area contributed by atoms with E-state index >= 15 is 0 Å². The smallest absolute Gasteiger partial charge is 0.269 e. The van der Waals surface area contributed by atoms with Crippen molar-refractivity contribution in [2.24, 2.45) is 0 Å². The van der Waals surface area contributed by atoms with Crippen LogP contribution in [0.15, 0.2) is 24.3 Å². The molecule has 1 amide bonds. The molecule has 184 valence electrons. The van der Waals surface area contributed by atoms with Gasteiger partial charge in [0.05, 0.1) is 6.54 Å². The quantitative estimate of drug-likeness (QED) is 0.484. The van der Waals surface area contributed by atoms with Gasteiger partial charge in [-0.1, -0.05) is 47.6 Å². The van der Waals surface area contributed by atoms with E-state index in [-0.39, 0.29) is 63.3 Å². The van der Waals surface area contributed by atoms with Crippen molar-refractivity contribution in [1.29, 1.82) is 5.41 Å². The Balaban J connectivity index is 0.00000408. The Morgan fingerprint density at radius 1 is 1.09 bits per heavy atom. The summed E-state index contributed by atoms with van der Waals surface area (Å²) in [4.78, 5) is 31.5. The summed E-state index contributed by atoms with van der Waals surface area (Å²) in [6, 6.07) is 6.98. The van der Waals surface area contributed by atoms with Gasteiger partial charge in [0.1, 0.15) is 23.0 Å². The fourth-order valence-corrected chi connectivity index (χ4v) is 3.97. The van der Waals surface area contributed by atoms with Crippen molar-refractivity contribution in [2.75, 3.05) is 13.1 Å². The Morgan fingerprint density at radius 2 is 1.65 bits per heavy atom. The number of halogens is 1. The fourth-order valence-electron chi connectivity index (χ4n) is 3.97. The van der Waals surface area contributed by atoms with Crippen LogP contribution in [-0.2, 0) is 17.4 Å². The average molecular weight is 531 g/mol. The lowest BCUT2D eigenvalue weighted by Gasteiger charge is -2.28. The summed E-state index contributed by atoms with van der Waals surface area (Å²) in [5, 5.41) is 22.2. The van der Waals surface area contributed by atoms with Crippen LogP contribution in [-0.4, -0.2) is 45.6 Å². The second-order valence-corrected chi connectivity index (χ2v) is 10.6. The van der Waals surface area contributed by atoms with Crippen LogP contribution >= 0.6 is 17.0 Å². The molecule has 3 N–H and O–H groups in total. The second-order valence-electron chi connectivity index (χ2n) is 10.6. The average Bonchev–Trinajstić information content (AvgIpc) is 3.01. The molecule has 0 fully saturated rings. The number of amides is 1. The molecule has 2 aromatic rings. The highest BCUT2D eigenvalue weighted by atomic mass is 79.9. The van der Waals surface area contributed by atoms with Gasteiger partial charge in [-0.25, -0.2) is 4.98 Å². The summed E-state index contributed by atoms with van der Waals surface area (Å²) < 4.78 is 0. The van der Waals surface area contributed by atoms with Crippen molar-refractivity contribution in [2.45, 2.75) is 65.8 Å². The molecule has 34 heavy (non-hydrogen) atoms.